The van der Waals surface area contributed by atoms with Crippen molar-refractivity contribution in [3.05, 3.63) is 0 Å². The zero-order valence-electron chi connectivity index (χ0n) is 7.26. The molecule has 0 spiro atoms. The van der Waals surface area contributed by atoms with Gasteiger partial charge in [0.25, 0.3) is 0 Å². The Kier molecular flexibility index (Phi) is 1.44. The van der Waals surface area contributed by atoms with Gasteiger partial charge in [0.05, 0.1) is 5.71 Å². The Morgan fingerprint density at radius 2 is 2.36 bits per heavy atom. The minimum absolute atomic E-state index is 0.300. The van der Waals surface area contributed by atoms with Crippen LogP contribution in [-0.2, 0) is 4.84 Å². The van der Waals surface area contributed by atoms with Crippen LogP contribution < -0.4 is 0 Å². The van der Waals surface area contributed by atoms with Crippen LogP contribution in [0.1, 0.15) is 33.1 Å². The quantitative estimate of drug-likeness (QED) is 0.596. The molecule has 0 N–H and O–H groups in total. The molecular formula is C9H15NO. The van der Waals surface area contributed by atoms with Crippen LogP contribution in [0.3, 0.4) is 0 Å². The molecule has 1 heterocycles. The molecule has 1 aliphatic heterocycles. The van der Waals surface area contributed by atoms with Gasteiger partial charge in [0.15, 0.2) is 0 Å². The Labute approximate surface area is 67.6 Å². The van der Waals surface area contributed by atoms with Crippen LogP contribution in [0.5, 0.6) is 0 Å². The second kappa shape index (κ2) is 2.23. The maximum atomic E-state index is 5.15. The van der Waals surface area contributed by atoms with Gasteiger partial charge in [0, 0.05) is 5.41 Å². The summed E-state index contributed by atoms with van der Waals surface area (Å²) in [5, 5.41) is 4.09. The Morgan fingerprint density at radius 1 is 1.64 bits per heavy atom. The van der Waals surface area contributed by atoms with Gasteiger partial charge in [-0.2, -0.15) is 0 Å². The van der Waals surface area contributed by atoms with E-state index >= 15 is 0 Å². The normalized spacial score (nSPS) is 36.7. The van der Waals surface area contributed by atoms with Gasteiger partial charge in [-0.1, -0.05) is 19.0 Å². The summed E-state index contributed by atoms with van der Waals surface area (Å²) < 4.78 is 0. The lowest BCUT2D eigenvalue weighted by Gasteiger charge is -2.21. The van der Waals surface area contributed by atoms with Gasteiger partial charge >= 0.3 is 0 Å². The van der Waals surface area contributed by atoms with Crippen molar-refractivity contribution in [2.24, 2.45) is 16.5 Å². The molecule has 1 aliphatic carbocycles. The van der Waals surface area contributed by atoms with E-state index in [2.05, 4.69) is 19.0 Å². The maximum Gasteiger partial charge on any atom is 0.128 e. The zero-order valence-corrected chi connectivity index (χ0v) is 7.26. The Bertz CT molecular complexity index is 196. The number of nitrogens with zero attached hydrogens (tertiary/aromatic N) is 1. The molecule has 2 rings (SSSR count). The van der Waals surface area contributed by atoms with Gasteiger partial charge in [0.2, 0.25) is 0 Å². The summed E-state index contributed by atoms with van der Waals surface area (Å²) in [6, 6.07) is 0. The van der Waals surface area contributed by atoms with Crippen LogP contribution >= 0.6 is 0 Å². The van der Waals surface area contributed by atoms with Gasteiger partial charge in [-0.15, -0.1) is 0 Å². The maximum absolute atomic E-state index is 5.15. The van der Waals surface area contributed by atoms with Crippen molar-refractivity contribution in [3.8, 4) is 0 Å². The fourth-order valence-corrected chi connectivity index (χ4v) is 1.97. The highest BCUT2D eigenvalue weighted by molar-refractivity contribution is 5.91. The lowest BCUT2D eigenvalue weighted by Crippen LogP contribution is -2.29. The van der Waals surface area contributed by atoms with E-state index in [0.29, 0.717) is 5.41 Å². The highest BCUT2D eigenvalue weighted by Crippen LogP contribution is 2.48. The molecule has 2 nitrogen and oxygen atoms in total. The predicted octanol–water partition coefficient (Wildman–Crippen LogP) is 2.20. The van der Waals surface area contributed by atoms with Crippen molar-refractivity contribution in [2.75, 3.05) is 6.61 Å². The largest absolute Gasteiger partial charge is 0.395 e. The second-order valence-corrected chi connectivity index (χ2v) is 3.86. The van der Waals surface area contributed by atoms with E-state index in [1.807, 2.05) is 0 Å². The van der Waals surface area contributed by atoms with Crippen LogP contribution in [-0.4, -0.2) is 12.3 Å². The molecule has 0 radical (unpaired) electrons. The van der Waals surface area contributed by atoms with E-state index in [4.69, 9.17) is 4.84 Å². The highest BCUT2D eigenvalue weighted by atomic mass is 16.6. The fourth-order valence-electron chi connectivity index (χ4n) is 1.97. The monoisotopic (exact) mass is 153 g/mol. The molecule has 0 amide bonds. The molecule has 11 heavy (non-hydrogen) atoms. The summed E-state index contributed by atoms with van der Waals surface area (Å²) in [7, 11) is 0. The van der Waals surface area contributed by atoms with Gasteiger partial charge in [-0.25, -0.2) is 0 Å². The molecule has 1 saturated carbocycles. The predicted molar refractivity (Wildman–Crippen MR) is 44.5 cm³/mol. The van der Waals surface area contributed by atoms with E-state index in [-0.39, 0.29) is 0 Å². The number of oxime groups is 1. The van der Waals surface area contributed by atoms with Crippen LogP contribution in [0, 0.1) is 11.3 Å². The molecule has 0 saturated heterocycles. The Balaban J connectivity index is 2.17. The number of rotatable bonds is 2. The van der Waals surface area contributed by atoms with Crippen molar-refractivity contribution in [1.29, 1.82) is 0 Å². The van der Waals surface area contributed by atoms with Crippen molar-refractivity contribution in [3.63, 3.8) is 0 Å². The second-order valence-electron chi connectivity index (χ2n) is 3.86. The molecular weight excluding hydrogens is 138 g/mol. The molecule has 0 aromatic carbocycles. The molecule has 1 unspecified atom stereocenters. The van der Waals surface area contributed by atoms with Crippen molar-refractivity contribution >= 4 is 5.71 Å². The van der Waals surface area contributed by atoms with E-state index < -0.39 is 0 Å². The number of hydrogen-bond donors (Lipinski definition) is 0. The summed E-state index contributed by atoms with van der Waals surface area (Å²) >= 11 is 0. The molecule has 0 aromatic rings. The molecule has 0 aromatic heterocycles. The van der Waals surface area contributed by atoms with E-state index in [0.717, 1.165) is 18.9 Å². The lowest BCUT2D eigenvalue weighted by atomic mass is 9.80. The third kappa shape index (κ3) is 0.959. The van der Waals surface area contributed by atoms with E-state index in [1.165, 1.54) is 18.6 Å². The zero-order chi connectivity index (χ0) is 7.90. The first-order chi connectivity index (χ1) is 5.27. The summed E-state index contributed by atoms with van der Waals surface area (Å²) in [5.74, 6) is 0.865. The standard InChI is InChI=1S/C9H15NO/c1-3-8-9(2,6-11-10-8)7-4-5-7/h7H,3-6H2,1-2H3. The third-order valence-electron chi connectivity index (χ3n) is 3.01. The van der Waals surface area contributed by atoms with E-state index in [9.17, 15) is 0 Å². The van der Waals surface area contributed by atoms with E-state index in [1.54, 1.807) is 0 Å². The van der Waals surface area contributed by atoms with Crippen molar-refractivity contribution < 1.29 is 4.84 Å². The summed E-state index contributed by atoms with van der Waals surface area (Å²) in [6.45, 7) is 5.27. The number of hydrogen-bond acceptors (Lipinski definition) is 2. The SMILES string of the molecule is CCC1=NOCC1(C)C1CC1. The van der Waals surface area contributed by atoms with Crippen LogP contribution in [0.25, 0.3) is 0 Å². The Morgan fingerprint density at radius 3 is 2.91 bits per heavy atom. The molecule has 1 fully saturated rings. The first-order valence-electron chi connectivity index (χ1n) is 4.46. The van der Waals surface area contributed by atoms with Crippen LogP contribution in [0.15, 0.2) is 5.16 Å². The average molecular weight is 153 g/mol. The molecule has 2 heteroatoms. The molecule has 1 atom stereocenters. The van der Waals surface area contributed by atoms with Gasteiger partial charge in [-0.05, 0) is 25.2 Å². The topological polar surface area (TPSA) is 21.6 Å². The highest BCUT2D eigenvalue weighted by Gasteiger charge is 2.48. The van der Waals surface area contributed by atoms with Crippen LogP contribution in [0.2, 0.25) is 0 Å². The Hall–Kier alpha value is -0.530. The molecule has 62 valence electrons. The molecule has 2 aliphatic rings. The molecule has 0 bridgehead atoms. The van der Waals surface area contributed by atoms with Gasteiger partial charge in [-0.3, -0.25) is 0 Å². The van der Waals surface area contributed by atoms with Crippen molar-refractivity contribution in [2.45, 2.75) is 33.1 Å². The summed E-state index contributed by atoms with van der Waals surface area (Å²) in [5.41, 5.74) is 1.58. The third-order valence-corrected chi connectivity index (χ3v) is 3.01. The van der Waals surface area contributed by atoms with Crippen LogP contribution in [0.4, 0.5) is 0 Å². The summed E-state index contributed by atoms with van der Waals surface area (Å²) in [6.07, 6.45) is 3.80. The lowest BCUT2D eigenvalue weighted by molar-refractivity contribution is 0.117. The average Bonchev–Trinajstić information content (AvgIpc) is 2.77. The first-order valence-corrected chi connectivity index (χ1v) is 4.46. The van der Waals surface area contributed by atoms with Gasteiger partial charge in [0.1, 0.15) is 6.61 Å². The van der Waals surface area contributed by atoms with Gasteiger partial charge < -0.3 is 4.84 Å². The minimum Gasteiger partial charge on any atom is -0.395 e. The fraction of sp³-hybridized carbons (Fsp3) is 0.889. The van der Waals surface area contributed by atoms with Crippen molar-refractivity contribution in [1.82, 2.24) is 0 Å². The summed E-state index contributed by atoms with van der Waals surface area (Å²) in [4.78, 5) is 5.15. The first kappa shape index (κ1) is 7.14. The smallest absolute Gasteiger partial charge is 0.128 e. The minimum atomic E-state index is 0.300.